The molecule has 0 radical (unpaired) electrons. The highest BCUT2D eigenvalue weighted by Gasteiger charge is 2.16. The average Bonchev–Trinajstić information content (AvgIpc) is 2.20. The Bertz CT molecular complexity index is 176. The van der Waals surface area contributed by atoms with Crippen LogP contribution >= 0.6 is 0 Å². The largest absolute Gasteiger partial charge is 0.306 e. The van der Waals surface area contributed by atoms with Crippen LogP contribution in [0.1, 0.15) is 45.4 Å². The van der Waals surface area contributed by atoms with Gasteiger partial charge in [-0.05, 0) is 38.8 Å². The van der Waals surface area contributed by atoms with Gasteiger partial charge in [0.05, 0.1) is 0 Å². The second-order valence-corrected chi connectivity index (χ2v) is 5.44. The fourth-order valence-electron chi connectivity index (χ4n) is 2.35. The van der Waals surface area contributed by atoms with Crippen LogP contribution < -0.4 is 0 Å². The molecular weight excluding hydrogens is 182 g/mol. The van der Waals surface area contributed by atoms with Crippen molar-refractivity contribution in [1.29, 1.82) is 0 Å². The van der Waals surface area contributed by atoms with Gasteiger partial charge in [-0.2, -0.15) is 0 Å². The summed E-state index contributed by atoms with van der Waals surface area (Å²) in [5.41, 5.74) is 0. The third-order valence-electron chi connectivity index (χ3n) is 3.51. The van der Waals surface area contributed by atoms with Gasteiger partial charge in [0.25, 0.3) is 0 Å². The molecule has 1 aliphatic rings. The molecule has 1 rings (SSSR count). The molecule has 1 aliphatic carbocycles. The first-order chi connectivity index (χ1) is 7.18. The fraction of sp³-hybridized carbons (Fsp3) is 0.857. The van der Waals surface area contributed by atoms with Crippen LogP contribution in [-0.2, 0) is 0 Å². The molecule has 15 heavy (non-hydrogen) atoms. The van der Waals surface area contributed by atoms with E-state index in [9.17, 15) is 0 Å². The first kappa shape index (κ1) is 12.8. The van der Waals surface area contributed by atoms with Crippen molar-refractivity contribution in [2.24, 2.45) is 11.8 Å². The van der Waals surface area contributed by atoms with Crippen LogP contribution in [0.25, 0.3) is 0 Å². The molecule has 0 N–H and O–H groups in total. The second kappa shape index (κ2) is 7.05. The van der Waals surface area contributed by atoms with E-state index in [0.29, 0.717) is 0 Å². The number of rotatable bonds is 5. The zero-order valence-corrected chi connectivity index (χ0v) is 10.7. The van der Waals surface area contributed by atoms with Gasteiger partial charge in [0.2, 0.25) is 0 Å². The van der Waals surface area contributed by atoms with Crippen molar-refractivity contribution in [3.8, 4) is 0 Å². The van der Waals surface area contributed by atoms with Crippen LogP contribution in [0.5, 0.6) is 0 Å². The van der Waals surface area contributed by atoms with Crippen LogP contribution in [0, 0.1) is 11.8 Å². The lowest BCUT2D eigenvalue weighted by molar-refractivity contribution is 0.279. The number of allylic oxidation sites excluding steroid dienone is 1. The first-order valence-electron chi connectivity index (χ1n) is 6.48. The summed E-state index contributed by atoms with van der Waals surface area (Å²) in [4.78, 5) is 2.21. The van der Waals surface area contributed by atoms with Crippen LogP contribution in [0.2, 0.25) is 0 Å². The van der Waals surface area contributed by atoms with Crippen molar-refractivity contribution in [2.45, 2.75) is 45.4 Å². The van der Waals surface area contributed by atoms with E-state index in [2.05, 4.69) is 38.1 Å². The maximum Gasteiger partial charge on any atom is 0.0157 e. The minimum Gasteiger partial charge on any atom is -0.306 e. The Morgan fingerprint density at radius 2 is 1.73 bits per heavy atom. The molecule has 1 heteroatoms. The summed E-state index contributed by atoms with van der Waals surface area (Å²) in [6.45, 7) is 3.48. The molecule has 0 aromatic carbocycles. The standard InChI is InChI=1S/C14H27N/c1-13-8-10-14(11-9-13)7-5-4-6-12-15(2)3/h4,6,13-14H,5,7-12H2,1-3H3/b6-4-. The monoisotopic (exact) mass is 209 g/mol. The Labute approximate surface area is 95.5 Å². The lowest BCUT2D eigenvalue weighted by Crippen LogP contribution is -2.12. The Hall–Kier alpha value is -0.300. The van der Waals surface area contributed by atoms with Gasteiger partial charge < -0.3 is 4.90 Å². The van der Waals surface area contributed by atoms with Gasteiger partial charge in [0.15, 0.2) is 0 Å². The molecule has 0 spiro atoms. The van der Waals surface area contributed by atoms with Gasteiger partial charge in [-0.1, -0.05) is 44.8 Å². The molecule has 0 aromatic rings. The summed E-state index contributed by atoms with van der Waals surface area (Å²) in [6.07, 6.45) is 13.2. The molecule has 1 saturated carbocycles. The fourth-order valence-corrected chi connectivity index (χ4v) is 2.35. The van der Waals surface area contributed by atoms with Crippen LogP contribution in [-0.4, -0.2) is 25.5 Å². The number of likely N-dealkylation sites (N-methyl/N-ethyl adjacent to an activating group) is 1. The van der Waals surface area contributed by atoms with Crippen molar-refractivity contribution >= 4 is 0 Å². The quantitative estimate of drug-likeness (QED) is 0.624. The zero-order chi connectivity index (χ0) is 11.1. The number of hydrogen-bond acceptors (Lipinski definition) is 1. The SMILES string of the molecule is CC1CCC(CC/C=C\CN(C)C)CC1. The predicted molar refractivity (Wildman–Crippen MR) is 68.1 cm³/mol. The molecule has 0 aromatic heterocycles. The van der Waals surface area contributed by atoms with E-state index in [4.69, 9.17) is 0 Å². The molecule has 0 heterocycles. The van der Waals surface area contributed by atoms with Gasteiger partial charge in [0.1, 0.15) is 0 Å². The molecule has 88 valence electrons. The van der Waals surface area contributed by atoms with Gasteiger partial charge >= 0.3 is 0 Å². The highest BCUT2D eigenvalue weighted by Crippen LogP contribution is 2.30. The molecule has 0 saturated heterocycles. The number of nitrogens with zero attached hydrogens (tertiary/aromatic N) is 1. The van der Waals surface area contributed by atoms with E-state index < -0.39 is 0 Å². The third kappa shape index (κ3) is 5.99. The Kier molecular flexibility index (Phi) is 6.00. The predicted octanol–water partition coefficient (Wildman–Crippen LogP) is 3.71. The van der Waals surface area contributed by atoms with Gasteiger partial charge in [-0.25, -0.2) is 0 Å². The molecule has 0 aliphatic heterocycles. The summed E-state index contributed by atoms with van der Waals surface area (Å²) in [6, 6.07) is 0. The van der Waals surface area contributed by atoms with E-state index in [0.717, 1.165) is 18.4 Å². The smallest absolute Gasteiger partial charge is 0.0157 e. The van der Waals surface area contributed by atoms with Crippen molar-refractivity contribution in [2.75, 3.05) is 20.6 Å². The summed E-state index contributed by atoms with van der Waals surface area (Å²) in [5.74, 6) is 2.01. The zero-order valence-electron chi connectivity index (χ0n) is 10.7. The molecule has 1 nitrogen and oxygen atoms in total. The van der Waals surface area contributed by atoms with Crippen molar-refractivity contribution < 1.29 is 0 Å². The maximum atomic E-state index is 2.40. The molecular formula is C14H27N. The van der Waals surface area contributed by atoms with E-state index in [1.807, 2.05) is 0 Å². The van der Waals surface area contributed by atoms with Crippen molar-refractivity contribution in [3.63, 3.8) is 0 Å². The van der Waals surface area contributed by atoms with E-state index in [-0.39, 0.29) is 0 Å². The topological polar surface area (TPSA) is 3.24 Å². The minimum absolute atomic E-state index is 0.991. The minimum atomic E-state index is 0.991. The average molecular weight is 209 g/mol. The van der Waals surface area contributed by atoms with Gasteiger partial charge in [0, 0.05) is 6.54 Å². The highest BCUT2D eigenvalue weighted by atomic mass is 15.0. The maximum absolute atomic E-state index is 2.40. The van der Waals surface area contributed by atoms with Crippen LogP contribution in [0.3, 0.4) is 0 Å². The lowest BCUT2D eigenvalue weighted by Gasteiger charge is -2.25. The van der Waals surface area contributed by atoms with Crippen molar-refractivity contribution in [3.05, 3.63) is 12.2 Å². The van der Waals surface area contributed by atoms with E-state index in [1.54, 1.807) is 0 Å². The van der Waals surface area contributed by atoms with E-state index >= 15 is 0 Å². The third-order valence-corrected chi connectivity index (χ3v) is 3.51. The molecule has 0 unspecified atom stereocenters. The second-order valence-electron chi connectivity index (χ2n) is 5.44. The Morgan fingerprint density at radius 3 is 2.33 bits per heavy atom. The lowest BCUT2D eigenvalue weighted by atomic mass is 9.81. The molecule has 0 atom stereocenters. The first-order valence-corrected chi connectivity index (χ1v) is 6.48. The Balaban J connectivity index is 2.02. The normalized spacial score (nSPS) is 27.7. The molecule has 1 fully saturated rings. The van der Waals surface area contributed by atoms with Crippen LogP contribution in [0.4, 0.5) is 0 Å². The van der Waals surface area contributed by atoms with E-state index in [1.165, 1.54) is 38.5 Å². The van der Waals surface area contributed by atoms with Gasteiger partial charge in [-0.15, -0.1) is 0 Å². The summed E-state index contributed by atoms with van der Waals surface area (Å²) >= 11 is 0. The highest BCUT2D eigenvalue weighted by molar-refractivity contribution is 4.84. The molecule has 0 amide bonds. The summed E-state index contributed by atoms with van der Waals surface area (Å²) < 4.78 is 0. The van der Waals surface area contributed by atoms with Gasteiger partial charge in [-0.3, -0.25) is 0 Å². The summed E-state index contributed by atoms with van der Waals surface area (Å²) in [7, 11) is 4.24. The van der Waals surface area contributed by atoms with Crippen LogP contribution in [0.15, 0.2) is 12.2 Å². The summed E-state index contributed by atoms with van der Waals surface area (Å²) in [5, 5.41) is 0. The molecule has 0 bridgehead atoms. The Morgan fingerprint density at radius 1 is 1.07 bits per heavy atom. The number of hydrogen-bond donors (Lipinski definition) is 0. The van der Waals surface area contributed by atoms with Crippen molar-refractivity contribution in [1.82, 2.24) is 4.90 Å².